The van der Waals surface area contributed by atoms with Crippen molar-refractivity contribution in [2.75, 3.05) is 36.4 Å². The van der Waals surface area contributed by atoms with Gasteiger partial charge in [0.05, 0.1) is 15.7 Å². The van der Waals surface area contributed by atoms with E-state index in [1.54, 1.807) is 30.0 Å². The maximum absolute atomic E-state index is 12.5. The van der Waals surface area contributed by atoms with Gasteiger partial charge < -0.3 is 15.1 Å². The maximum Gasteiger partial charge on any atom is 0.322 e. The topological polar surface area (TPSA) is 52.7 Å². The molecular formula is C19H19Cl2N3O2. The Bertz CT molecular complexity index is 796. The zero-order chi connectivity index (χ0) is 18.7. The molecule has 0 spiro atoms. The van der Waals surface area contributed by atoms with Gasteiger partial charge in [0.25, 0.3) is 0 Å². The van der Waals surface area contributed by atoms with Crippen molar-refractivity contribution in [3.8, 4) is 0 Å². The molecule has 0 aromatic heterocycles. The Hall–Kier alpha value is -2.24. The lowest BCUT2D eigenvalue weighted by Gasteiger charge is -2.36. The highest BCUT2D eigenvalue weighted by Gasteiger charge is 2.22. The van der Waals surface area contributed by atoms with Crippen molar-refractivity contribution in [2.45, 2.75) is 6.92 Å². The standard InChI is InChI=1S/C19H19Cl2N3O2/c1-13(25)14-5-7-15(8-6-14)23-9-11-24(12-10-23)19(26)22-18-16(20)3-2-4-17(18)21/h2-8H,9-12H2,1H3,(H,22,26). The Morgan fingerprint density at radius 3 is 2.04 bits per heavy atom. The molecule has 1 fully saturated rings. The summed E-state index contributed by atoms with van der Waals surface area (Å²) < 4.78 is 0. The van der Waals surface area contributed by atoms with E-state index in [9.17, 15) is 9.59 Å². The highest BCUT2D eigenvalue weighted by molar-refractivity contribution is 6.39. The smallest absolute Gasteiger partial charge is 0.322 e. The maximum atomic E-state index is 12.5. The van der Waals surface area contributed by atoms with Crippen molar-refractivity contribution in [2.24, 2.45) is 0 Å². The lowest BCUT2D eigenvalue weighted by Crippen LogP contribution is -2.50. The second kappa shape index (κ2) is 7.98. The molecule has 0 unspecified atom stereocenters. The first-order valence-corrected chi connectivity index (χ1v) is 9.07. The molecule has 0 aliphatic carbocycles. The molecule has 1 heterocycles. The monoisotopic (exact) mass is 391 g/mol. The molecule has 26 heavy (non-hydrogen) atoms. The van der Waals surface area contributed by atoms with Crippen LogP contribution in [0.5, 0.6) is 0 Å². The van der Waals surface area contributed by atoms with Gasteiger partial charge in [-0.3, -0.25) is 4.79 Å². The van der Waals surface area contributed by atoms with E-state index in [0.29, 0.717) is 47.5 Å². The number of halogens is 2. The average molecular weight is 392 g/mol. The SMILES string of the molecule is CC(=O)c1ccc(N2CCN(C(=O)Nc3c(Cl)cccc3Cl)CC2)cc1. The van der Waals surface area contributed by atoms with Gasteiger partial charge in [-0.15, -0.1) is 0 Å². The molecule has 1 aliphatic rings. The van der Waals surface area contributed by atoms with E-state index in [4.69, 9.17) is 23.2 Å². The first-order valence-electron chi connectivity index (χ1n) is 8.31. The molecule has 7 heteroatoms. The van der Waals surface area contributed by atoms with Gasteiger partial charge in [0.2, 0.25) is 0 Å². The number of carbonyl (C=O) groups excluding carboxylic acids is 2. The number of nitrogens with one attached hydrogen (secondary N) is 1. The van der Waals surface area contributed by atoms with E-state index < -0.39 is 0 Å². The van der Waals surface area contributed by atoms with Crippen LogP contribution in [0.25, 0.3) is 0 Å². The average Bonchev–Trinajstić information content (AvgIpc) is 2.65. The molecule has 1 saturated heterocycles. The second-order valence-electron chi connectivity index (χ2n) is 6.10. The molecule has 2 aromatic carbocycles. The number of para-hydroxylation sites is 1. The van der Waals surface area contributed by atoms with E-state index in [-0.39, 0.29) is 11.8 Å². The third-order valence-electron chi connectivity index (χ3n) is 4.40. The minimum atomic E-state index is -0.216. The van der Waals surface area contributed by atoms with Crippen molar-refractivity contribution >= 4 is 46.4 Å². The van der Waals surface area contributed by atoms with Crippen LogP contribution in [0.1, 0.15) is 17.3 Å². The van der Waals surface area contributed by atoms with Crippen molar-refractivity contribution in [3.63, 3.8) is 0 Å². The van der Waals surface area contributed by atoms with Gasteiger partial charge in [-0.05, 0) is 43.3 Å². The van der Waals surface area contributed by atoms with Gasteiger partial charge in [-0.25, -0.2) is 4.79 Å². The minimum absolute atomic E-state index is 0.0521. The Morgan fingerprint density at radius 1 is 0.923 bits per heavy atom. The molecule has 0 atom stereocenters. The summed E-state index contributed by atoms with van der Waals surface area (Å²) in [7, 11) is 0. The fourth-order valence-electron chi connectivity index (χ4n) is 2.88. The normalized spacial score (nSPS) is 14.3. The molecule has 3 rings (SSSR count). The summed E-state index contributed by atoms with van der Waals surface area (Å²) in [4.78, 5) is 27.8. The van der Waals surface area contributed by atoms with Crippen molar-refractivity contribution in [1.82, 2.24) is 4.90 Å². The Kier molecular flexibility index (Phi) is 5.69. The fraction of sp³-hybridized carbons (Fsp3) is 0.263. The third kappa shape index (κ3) is 4.11. The summed E-state index contributed by atoms with van der Waals surface area (Å²) in [5.41, 5.74) is 2.18. The van der Waals surface area contributed by atoms with Gasteiger partial charge in [0, 0.05) is 37.4 Å². The van der Waals surface area contributed by atoms with E-state index in [1.165, 1.54) is 0 Å². The highest BCUT2D eigenvalue weighted by Crippen LogP contribution is 2.30. The van der Waals surface area contributed by atoms with Crippen LogP contribution in [0.2, 0.25) is 10.0 Å². The predicted octanol–water partition coefficient (Wildman–Crippen LogP) is 4.55. The lowest BCUT2D eigenvalue weighted by molar-refractivity contribution is 0.101. The van der Waals surface area contributed by atoms with Crippen molar-refractivity contribution in [1.29, 1.82) is 0 Å². The molecule has 1 N–H and O–H groups in total. The number of carbonyl (C=O) groups is 2. The summed E-state index contributed by atoms with van der Waals surface area (Å²) in [6.07, 6.45) is 0. The van der Waals surface area contributed by atoms with E-state index in [1.807, 2.05) is 24.3 Å². The number of amides is 2. The number of nitrogens with zero attached hydrogens (tertiary/aromatic N) is 2. The van der Waals surface area contributed by atoms with Crippen molar-refractivity contribution < 1.29 is 9.59 Å². The molecule has 2 amide bonds. The van der Waals surface area contributed by atoms with E-state index in [2.05, 4.69) is 10.2 Å². The van der Waals surface area contributed by atoms with Gasteiger partial charge in [-0.2, -0.15) is 0 Å². The molecule has 1 aliphatic heterocycles. The van der Waals surface area contributed by atoms with E-state index >= 15 is 0 Å². The fourth-order valence-corrected chi connectivity index (χ4v) is 3.37. The molecule has 5 nitrogen and oxygen atoms in total. The van der Waals surface area contributed by atoms with E-state index in [0.717, 1.165) is 5.69 Å². The number of anilines is 2. The molecule has 136 valence electrons. The largest absolute Gasteiger partial charge is 0.368 e. The molecule has 0 bridgehead atoms. The van der Waals surface area contributed by atoms with Crippen molar-refractivity contribution in [3.05, 3.63) is 58.1 Å². The summed E-state index contributed by atoms with van der Waals surface area (Å²) in [5, 5.41) is 3.61. The zero-order valence-electron chi connectivity index (χ0n) is 14.3. The summed E-state index contributed by atoms with van der Waals surface area (Å²) >= 11 is 12.2. The summed E-state index contributed by atoms with van der Waals surface area (Å²) in [5.74, 6) is 0.0521. The number of hydrogen-bond donors (Lipinski definition) is 1. The number of piperazine rings is 1. The van der Waals surface area contributed by atoms with Gasteiger partial charge >= 0.3 is 6.03 Å². The Labute approximate surface area is 162 Å². The quantitative estimate of drug-likeness (QED) is 0.780. The first-order chi connectivity index (χ1) is 12.5. The lowest BCUT2D eigenvalue weighted by atomic mass is 10.1. The Balaban J connectivity index is 1.59. The molecule has 2 aromatic rings. The Morgan fingerprint density at radius 2 is 1.50 bits per heavy atom. The van der Waals surface area contributed by atoms with Crippen LogP contribution < -0.4 is 10.2 Å². The van der Waals surface area contributed by atoms with Crippen LogP contribution in [-0.2, 0) is 0 Å². The van der Waals surface area contributed by atoms with Crippen LogP contribution in [0, 0.1) is 0 Å². The van der Waals surface area contributed by atoms with Crippen LogP contribution in [0.15, 0.2) is 42.5 Å². The van der Waals surface area contributed by atoms with Crippen LogP contribution >= 0.6 is 23.2 Å². The van der Waals surface area contributed by atoms with Gasteiger partial charge in [-0.1, -0.05) is 29.3 Å². The van der Waals surface area contributed by atoms with Crippen LogP contribution in [0.4, 0.5) is 16.2 Å². The van der Waals surface area contributed by atoms with Gasteiger partial charge in [0.15, 0.2) is 5.78 Å². The number of hydrogen-bond acceptors (Lipinski definition) is 3. The number of urea groups is 1. The highest BCUT2D eigenvalue weighted by atomic mass is 35.5. The van der Waals surface area contributed by atoms with Crippen LogP contribution in [0.3, 0.4) is 0 Å². The first kappa shape index (κ1) is 18.5. The number of ketones is 1. The second-order valence-corrected chi connectivity index (χ2v) is 6.92. The molecule has 0 saturated carbocycles. The third-order valence-corrected chi connectivity index (χ3v) is 5.03. The number of Topliss-reactive ketones (excluding diaryl/α,β-unsaturated/α-hetero) is 1. The van der Waals surface area contributed by atoms with Crippen LogP contribution in [-0.4, -0.2) is 42.9 Å². The van der Waals surface area contributed by atoms with Gasteiger partial charge in [0.1, 0.15) is 0 Å². The predicted molar refractivity (Wildman–Crippen MR) is 106 cm³/mol. The number of rotatable bonds is 3. The minimum Gasteiger partial charge on any atom is -0.368 e. The molecular weight excluding hydrogens is 373 g/mol. The summed E-state index contributed by atoms with van der Waals surface area (Å²) in [6.45, 7) is 4.15. The summed E-state index contributed by atoms with van der Waals surface area (Å²) in [6, 6.07) is 12.4. The molecule has 0 radical (unpaired) electrons. The number of benzene rings is 2. The zero-order valence-corrected chi connectivity index (χ0v) is 15.8.